The number of carboxylic acids is 1. The Hall–Kier alpha value is -1.13. The maximum absolute atomic E-state index is 13.6. The average Bonchev–Trinajstić information content (AvgIpc) is 3.30. The van der Waals surface area contributed by atoms with Crippen molar-refractivity contribution in [3.8, 4) is 0 Å². The minimum atomic E-state index is -0.697. The number of aryl methyl sites for hydroxylation is 2. The predicted octanol–water partition coefficient (Wildman–Crippen LogP) is 3.09. The molecule has 0 bridgehead atoms. The van der Waals surface area contributed by atoms with Crippen LogP contribution in [-0.4, -0.2) is 85.8 Å². The molecule has 1 aromatic rings. The van der Waals surface area contributed by atoms with Crippen LogP contribution in [0, 0.1) is 24.7 Å². The van der Waals surface area contributed by atoms with Crippen LogP contribution in [0.4, 0.5) is 0 Å². The number of halogens is 1. The van der Waals surface area contributed by atoms with Gasteiger partial charge in [0.2, 0.25) is 0 Å². The number of aromatic nitrogens is 2. The first-order valence-corrected chi connectivity index (χ1v) is 16.5. The molecular formula is C29H43ClN4O4S. The van der Waals surface area contributed by atoms with Crippen LogP contribution in [0.3, 0.4) is 0 Å². The number of fused-ring (bicyclic) bond motifs is 2. The topological polar surface area (TPSA) is 96.7 Å². The summed E-state index contributed by atoms with van der Waals surface area (Å²) in [6, 6.07) is 0.751. The van der Waals surface area contributed by atoms with Crippen molar-refractivity contribution in [2.45, 2.75) is 107 Å². The molecule has 1 saturated carbocycles. The quantitative estimate of drug-likeness (QED) is 0.477. The van der Waals surface area contributed by atoms with Gasteiger partial charge in [-0.05, 0) is 90.1 Å². The summed E-state index contributed by atoms with van der Waals surface area (Å²) in [7, 11) is 0. The zero-order chi connectivity index (χ0) is 27.3. The van der Waals surface area contributed by atoms with Gasteiger partial charge >= 0.3 is 5.97 Å². The number of ether oxygens (including phenoxy) is 1. The Bertz CT molecular complexity index is 1130. The van der Waals surface area contributed by atoms with Gasteiger partial charge in [0.15, 0.2) is 0 Å². The normalized spacial score (nSPS) is 38.6. The van der Waals surface area contributed by atoms with Crippen molar-refractivity contribution in [1.82, 2.24) is 19.8 Å². The second kappa shape index (κ2) is 11.6. The summed E-state index contributed by atoms with van der Waals surface area (Å²) >= 11 is 8.53. The summed E-state index contributed by atoms with van der Waals surface area (Å²) in [5, 5.41) is 13.8. The van der Waals surface area contributed by atoms with Crippen LogP contribution >= 0.6 is 23.4 Å². The maximum Gasteiger partial charge on any atom is 0.308 e. The van der Waals surface area contributed by atoms with E-state index in [4.69, 9.17) is 21.3 Å². The first-order chi connectivity index (χ1) is 18.8. The van der Waals surface area contributed by atoms with Crippen molar-refractivity contribution in [2.75, 3.05) is 25.4 Å². The van der Waals surface area contributed by atoms with Crippen LogP contribution in [0.25, 0.3) is 0 Å². The Morgan fingerprint density at radius 1 is 1.23 bits per heavy atom. The number of piperidine rings is 1. The third-order valence-corrected chi connectivity index (χ3v) is 12.1. The number of nitrogens with zero attached hydrogens (tertiary/aromatic N) is 3. The molecule has 1 aromatic heterocycles. The number of aliphatic carboxylic acids is 1. The molecular weight excluding hydrogens is 536 g/mol. The third kappa shape index (κ3) is 5.55. The van der Waals surface area contributed by atoms with Crippen molar-refractivity contribution < 1.29 is 14.6 Å². The fraction of sp³-hybridized carbons (Fsp3) is 0.828. The lowest BCUT2D eigenvalue weighted by atomic mass is 9.70. The standard InChI is InChI=1S/C29H43ClN4O4S/c1-16-12-21(27-26(31-16)23(15-39-27)29(36)37)20-13-18(30)4-7-25(20)38-11-10-34-17(2)32-24-6-5-19(33-8-3-9-33)14-22(24)28(34)35/h16,18-21,23,25-27,31H,3-15H2,1-2H3,(H,36,37). The highest BCUT2D eigenvalue weighted by Gasteiger charge is 2.51. The van der Waals surface area contributed by atoms with Crippen LogP contribution in [0.15, 0.2) is 4.79 Å². The second-order valence-corrected chi connectivity index (χ2v) is 14.4. The molecule has 9 atom stereocenters. The Kier molecular flexibility index (Phi) is 8.35. The smallest absolute Gasteiger partial charge is 0.308 e. The highest BCUT2D eigenvalue weighted by molar-refractivity contribution is 8.00. The molecule has 0 spiro atoms. The van der Waals surface area contributed by atoms with Gasteiger partial charge in [0, 0.05) is 40.1 Å². The van der Waals surface area contributed by atoms with Crippen LogP contribution in [0.2, 0.25) is 0 Å². The summed E-state index contributed by atoms with van der Waals surface area (Å²) in [5.74, 6) is 1.08. The van der Waals surface area contributed by atoms with E-state index in [1.165, 1.54) is 6.42 Å². The first kappa shape index (κ1) is 28.0. The fourth-order valence-electron chi connectivity index (χ4n) is 8.00. The highest BCUT2D eigenvalue weighted by Crippen LogP contribution is 2.48. The molecule has 8 nitrogen and oxygen atoms in total. The van der Waals surface area contributed by atoms with E-state index in [2.05, 4.69) is 17.1 Å². The van der Waals surface area contributed by atoms with Gasteiger partial charge in [-0.2, -0.15) is 11.8 Å². The van der Waals surface area contributed by atoms with Crippen LogP contribution in [0.1, 0.15) is 62.5 Å². The van der Waals surface area contributed by atoms with Gasteiger partial charge < -0.3 is 15.2 Å². The molecule has 0 radical (unpaired) electrons. The molecule has 10 heteroatoms. The number of alkyl halides is 1. The molecule has 2 N–H and O–H groups in total. The monoisotopic (exact) mass is 578 g/mol. The van der Waals surface area contributed by atoms with Gasteiger partial charge in [-0.1, -0.05) is 0 Å². The van der Waals surface area contributed by atoms with E-state index in [9.17, 15) is 14.7 Å². The van der Waals surface area contributed by atoms with Gasteiger partial charge in [-0.25, -0.2) is 4.98 Å². The van der Waals surface area contributed by atoms with Crippen molar-refractivity contribution in [3.05, 3.63) is 27.4 Å². The van der Waals surface area contributed by atoms with E-state index in [0.29, 0.717) is 36.8 Å². The number of hydrogen-bond acceptors (Lipinski definition) is 7. The molecule has 9 unspecified atom stereocenters. The summed E-state index contributed by atoms with van der Waals surface area (Å²) in [5.41, 5.74) is 2.02. The van der Waals surface area contributed by atoms with Crippen LogP contribution in [0.5, 0.6) is 0 Å². The lowest BCUT2D eigenvalue weighted by molar-refractivity contribution is -0.142. The maximum atomic E-state index is 13.6. The van der Waals surface area contributed by atoms with Crippen molar-refractivity contribution in [1.29, 1.82) is 0 Å². The molecule has 4 fully saturated rings. The molecule has 2 aliphatic carbocycles. The second-order valence-electron chi connectivity index (χ2n) is 12.5. The van der Waals surface area contributed by atoms with Crippen LogP contribution < -0.4 is 10.9 Å². The molecule has 39 heavy (non-hydrogen) atoms. The van der Waals surface area contributed by atoms with E-state index < -0.39 is 5.97 Å². The Labute approximate surface area is 240 Å². The number of thioether (sulfide) groups is 1. The lowest BCUT2D eigenvalue weighted by Gasteiger charge is -2.47. The number of hydrogen-bond donors (Lipinski definition) is 2. The molecule has 0 amide bonds. The number of carbonyl (C=O) groups is 1. The van der Waals surface area contributed by atoms with Gasteiger partial charge in [0.1, 0.15) is 5.82 Å². The van der Waals surface area contributed by atoms with Crippen molar-refractivity contribution in [2.24, 2.45) is 17.8 Å². The zero-order valence-corrected chi connectivity index (χ0v) is 24.8. The molecule has 216 valence electrons. The molecule has 6 rings (SSSR count). The molecule has 5 aliphatic rings. The van der Waals surface area contributed by atoms with E-state index >= 15 is 0 Å². The summed E-state index contributed by atoms with van der Waals surface area (Å²) in [6.07, 6.45) is 7.91. The van der Waals surface area contributed by atoms with Crippen molar-refractivity contribution in [3.63, 3.8) is 0 Å². The molecule has 4 heterocycles. The Morgan fingerprint density at radius 3 is 2.79 bits per heavy atom. The summed E-state index contributed by atoms with van der Waals surface area (Å²) in [6.45, 7) is 7.41. The van der Waals surface area contributed by atoms with E-state index in [0.717, 1.165) is 75.1 Å². The van der Waals surface area contributed by atoms with E-state index in [1.807, 2.05) is 23.3 Å². The number of nitrogens with one attached hydrogen (secondary N) is 1. The first-order valence-electron chi connectivity index (χ1n) is 15.0. The number of rotatable bonds is 7. The van der Waals surface area contributed by atoms with Gasteiger partial charge in [0.25, 0.3) is 5.56 Å². The lowest BCUT2D eigenvalue weighted by Crippen LogP contribution is -2.57. The van der Waals surface area contributed by atoms with Crippen LogP contribution in [-0.2, 0) is 28.9 Å². The fourth-order valence-corrected chi connectivity index (χ4v) is 10.1. The number of carboxylic acid groups (broad SMARTS) is 1. The summed E-state index contributed by atoms with van der Waals surface area (Å²) < 4.78 is 8.42. The SMILES string of the molecule is Cc1nc2c(c(=O)n1CCOC1CCC(Cl)CC1C1CC(C)NC3C(C(=O)O)CSC13)CC(N1CCC1)CC2. The minimum absolute atomic E-state index is 0.000451. The molecule has 0 aromatic carbocycles. The Morgan fingerprint density at radius 2 is 2.05 bits per heavy atom. The van der Waals surface area contributed by atoms with E-state index in [-0.39, 0.29) is 40.3 Å². The largest absolute Gasteiger partial charge is 0.481 e. The Balaban J connectivity index is 1.14. The molecule has 3 aliphatic heterocycles. The summed E-state index contributed by atoms with van der Waals surface area (Å²) in [4.78, 5) is 32.9. The number of likely N-dealkylation sites (tertiary alicyclic amines) is 1. The third-order valence-electron chi connectivity index (χ3n) is 10.2. The van der Waals surface area contributed by atoms with Crippen molar-refractivity contribution >= 4 is 29.3 Å². The average molecular weight is 579 g/mol. The minimum Gasteiger partial charge on any atom is -0.481 e. The van der Waals surface area contributed by atoms with Gasteiger partial charge in [0.05, 0.1) is 30.9 Å². The highest BCUT2D eigenvalue weighted by atomic mass is 35.5. The van der Waals surface area contributed by atoms with Gasteiger partial charge in [-0.3, -0.25) is 19.1 Å². The van der Waals surface area contributed by atoms with E-state index in [1.54, 1.807) is 0 Å². The molecule has 3 saturated heterocycles. The predicted molar refractivity (Wildman–Crippen MR) is 154 cm³/mol. The zero-order valence-electron chi connectivity index (χ0n) is 23.2. The van der Waals surface area contributed by atoms with Gasteiger partial charge in [-0.15, -0.1) is 11.6 Å².